The number of hydrogen-bond acceptors (Lipinski definition) is 1. The molecule has 0 heterocycles. The maximum Gasteiger partial charge on any atom is 0.225 e. The number of amides is 1. The second-order valence-electron chi connectivity index (χ2n) is 8.36. The highest BCUT2D eigenvalue weighted by Crippen LogP contribution is 2.33. The average Bonchev–Trinajstić information content (AvgIpc) is 2.20. The normalized spacial score (nSPS) is 13.2. The predicted molar refractivity (Wildman–Crippen MR) is 87.5 cm³/mol. The van der Waals surface area contributed by atoms with Crippen LogP contribution in [0, 0.1) is 10.8 Å². The summed E-state index contributed by atoms with van der Waals surface area (Å²) in [6, 6.07) is 0. The first kappa shape index (κ1) is 19.2. The van der Waals surface area contributed by atoms with Crippen LogP contribution in [-0.2, 0) is 4.79 Å². The van der Waals surface area contributed by atoms with Gasteiger partial charge in [0.2, 0.25) is 5.91 Å². The van der Waals surface area contributed by atoms with Crippen molar-refractivity contribution in [1.29, 1.82) is 0 Å². The third-order valence-corrected chi connectivity index (χ3v) is 3.44. The van der Waals surface area contributed by atoms with Gasteiger partial charge in [0.25, 0.3) is 0 Å². The van der Waals surface area contributed by atoms with Crippen molar-refractivity contribution in [1.82, 2.24) is 5.32 Å². The van der Waals surface area contributed by atoms with Gasteiger partial charge in [-0.2, -0.15) is 0 Å². The quantitative estimate of drug-likeness (QED) is 0.414. The van der Waals surface area contributed by atoms with Crippen molar-refractivity contribution in [2.45, 2.75) is 47.5 Å². The lowest BCUT2D eigenvalue weighted by molar-refractivity contribution is -0.884. The fourth-order valence-electron chi connectivity index (χ4n) is 2.80. The molecule has 118 valence electrons. The van der Waals surface area contributed by atoms with Gasteiger partial charge in [-0.3, -0.25) is 4.79 Å². The van der Waals surface area contributed by atoms with Crippen LogP contribution in [0.1, 0.15) is 47.5 Å². The van der Waals surface area contributed by atoms with Gasteiger partial charge in [0.1, 0.15) is 0 Å². The molecule has 0 radical (unpaired) electrons. The fourth-order valence-corrected chi connectivity index (χ4v) is 2.80. The first-order chi connectivity index (χ1) is 8.90. The van der Waals surface area contributed by atoms with E-state index in [0.717, 1.165) is 37.0 Å². The van der Waals surface area contributed by atoms with E-state index in [9.17, 15) is 4.79 Å². The molecule has 0 aromatic heterocycles. The summed E-state index contributed by atoms with van der Waals surface area (Å²) < 4.78 is 0.921. The Kier molecular flexibility index (Phi) is 6.96. The van der Waals surface area contributed by atoms with Crippen molar-refractivity contribution in [3.8, 4) is 0 Å². The topological polar surface area (TPSA) is 29.1 Å². The van der Waals surface area contributed by atoms with Crippen LogP contribution in [0.3, 0.4) is 0 Å². The Bertz CT molecular complexity index is 324. The van der Waals surface area contributed by atoms with Crippen LogP contribution in [0.5, 0.6) is 0 Å². The molecule has 1 N–H and O–H groups in total. The maximum atomic E-state index is 12.3. The molecule has 0 saturated heterocycles. The molecule has 0 saturated carbocycles. The first-order valence-electron chi connectivity index (χ1n) is 7.61. The molecule has 0 atom stereocenters. The number of nitrogens with one attached hydrogen (secondary N) is 1. The minimum atomic E-state index is -0.302. The molecule has 1 amide bonds. The average molecular weight is 283 g/mol. The molecule has 0 aromatic carbocycles. The van der Waals surface area contributed by atoms with Crippen molar-refractivity contribution in [3.05, 3.63) is 12.7 Å². The molecule has 0 spiro atoms. The van der Waals surface area contributed by atoms with E-state index in [1.54, 1.807) is 0 Å². The summed E-state index contributed by atoms with van der Waals surface area (Å²) in [7, 11) is 4.38. The molecule has 3 nitrogen and oxygen atoms in total. The first-order valence-corrected chi connectivity index (χ1v) is 7.61. The number of hydrogen-bond donors (Lipinski definition) is 1. The molecule has 0 fully saturated rings. The van der Waals surface area contributed by atoms with Crippen molar-refractivity contribution in [2.75, 3.05) is 33.7 Å². The number of carbonyl (C=O) groups is 1. The second kappa shape index (κ2) is 7.26. The van der Waals surface area contributed by atoms with Gasteiger partial charge in [-0.1, -0.05) is 41.2 Å². The molecule has 0 aliphatic carbocycles. The maximum absolute atomic E-state index is 12.3. The molecule has 0 bridgehead atoms. The Hall–Kier alpha value is -0.830. The number of likely N-dealkylation sites (N-methyl/N-ethyl adjacent to an activating group) is 1. The molecule has 0 aliphatic rings. The molecule has 0 aliphatic heterocycles. The summed E-state index contributed by atoms with van der Waals surface area (Å²) in [6.45, 7) is 17.1. The van der Waals surface area contributed by atoms with E-state index in [0.29, 0.717) is 0 Å². The highest BCUT2D eigenvalue weighted by atomic mass is 16.2. The number of nitrogens with zero attached hydrogens (tertiary/aromatic N) is 1. The third kappa shape index (κ3) is 8.36. The van der Waals surface area contributed by atoms with E-state index in [1.165, 1.54) is 0 Å². The highest BCUT2D eigenvalue weighted by Gasteiger charge is 2.32. The van der Waals surface area contributed by atoms with Crippen LogP contribution in [0.2, 0.25) is 0 Å². The molecule has 0 rings (SSSR count). The molecule has 20 heavy (non-hydrogen) atoms. The smallest absolute Gasteiger partial charge is 0.225 e. The van der Waals surface area contributed by atoms with Gasteiger partial charge in [0, 0.05) is 18.4 Å². The van der Waals surface area contributed by atoms with E-state index in [-0.39, 0.29) is 16.7 Å². The SMILES string of the molecule is C=CC[N+](C)(C)CCCNC(=O)C(C)(C)CC(C)(C)C. The summed E-state index contributed by atoms with van der Waals surface area (Å²) >= 11 is 0. The van der Waals surface area contributed by atoms with Crippen molar-refractivity contribution >= 4 is 5.91 Å². The van der Waals surface area contributed by atoms with Crippen LogP contribution in [0.25, 0.3) is 0 Å². The van der Waals surface area contributed by atoms with Crippen LogP contribution in [-0.4, -0.2) is 44.1 Å². The van der Waals surface area contributed by atoms with E-state index in [2.05, 4.69) is 46.8 Å². The van der Waals surface area contributed by atoms with Gasteiger partial charge in [-0.15, -0.1) is 0 Å². The third-order valence-electron chi connectivity index (χ3n) is 3.44. The Balaban J connectivity index is 4.14. The number of quaternary nitrogens is 1. The molecule has 0 unspecified atom stereocenters. The van der Waals surface area contributed by atoms with Crippen LogP contribution < -0.4 is 5.32 Å². The lowest BCUT2D eigenvalue weighted by Crippen LogP contribution is -2.43. The van der Waals surface area contributed by atoms with Gasteiger partial charge in [0.15, 0.2) is 0 Å². The molecular formula is C17H35N2O+. The molecule has 3 heteroatoms. The second-order valence-corrected chi connectivity index (χ2v) is 8.36. The summed E-state index contributed by atoms with van der Waals surface area (Å²) in [6.07, 6.45) is 3.84. The standard InChI is InChI=1S/C17H34N2O/c1-9-12-19(7,8)13-10-11-18-15(20)17(5,6)14-16(2,3)4/h9H,1,10-14H2,2-8H3/p+1. The summed E-state index contributed by atoms with van der Waals surface area (Å²) in [5.41, 5.74) is -0.132. The largest absolute Gasteiger partial charge is 0.355 e. The predicted octanol–water partition coefficient (Wildman–Crippen LogP) is 3.22. The van der Waals surface area contributed by atoms with Gasteiger partial charge >= 0.3 is 0 Å². The van der Waals surface area contributed by atoms with Gasteiger partial charge < -0.3 is 9.80 Å². The summed E-state index contributed by atoms with van der Waals surface area (Å²) in [5, 5.41) is 3.09. The van der Waals surface area contributed by atoms with E-state index in [4.69, 9.17) is 0 Å². The Morgan fingerprint density at radius 2 is 1.75 bits per heavy atom. The van der Waals surface area contributed by atoms with E-state index in [1.807, 2.05) is 19.9 Å². The summed E-state index contributed by atoms with van der Waals surface area (Å²) in [5.74, 6) is 0.168. The number of rotatable bonds is 8. The van der Waals surface area contributed by atoms with E-state index >= 15 is 0 Å². The minimum Gasteiger partial charge on any atom is -0.355 e. The molecule has 0 aromatic rings. The summed E-state index contributed by atoms with van der Waals surface area (Å²) in [4.78, 5) is 12.3. The Labute approximate surface area is 126 Å². The highest BCUT2D eigenvalue weighted by molar-refractivity contribution is 5.81. The van der Waals surface area contributed by atoms with Crippen LogP contribution in [0.4, 0.5) is 0 Å². The fraction of sp³-hybridized carbons (Fsp3) is 0.824. The van der Waals surface area contributed by atoms with Crippen molar-refractivity contribution in [3.63, 3.8) is 0 Å². The Morgan fingerprint density at radius 3 is 2.20 bits per heavy atom. The van der Waals surface area contributed by atoms with Crippen LogP contribution >= 0.6 is 0 Å². The van der Waals surface area contributed by atoms with Gasteiger partial charge in [-0.25, -0.2) is 0 Å². The molecular weight excluding hydrogens is 248 g/mol. The lowest BCUT2D eigenvalue weighted by atomic mass is 9.76. The monoisotopic (exact) mass is 283 g/mol. The van der Waals surface area contributed by atoms with Crippen LogP contribution in [0.15, 0.2) is 12.7 Å². The number of carbonyl (C=O) groups excluding carboxylic acids is 1. The van der Waals surface area contributed by atoms with Gasteiger partial charge in [0.05, 0.1) is 27.2 Å². The van der Waals surface area contributed by atoms with Crippen molar-refractivity contribution < 1.29 is 9.28 Å². The van der Waals surface area contributed by atoms with Gasteiger partial charge in [-0.05, 0) is 17.9 Å². The van der Waals surface area contributed by atoms with Crippen molar-refractivity contribution in [2.24, 2.45) is 10.8 Å². The Morgan fingerprint density at radius 1 is 1.20 bits per heavy atom. The van der Waals surface area contributed by atoms with E-state index < -0.39 is 0 Å². The lowest BCUT2D eigenvalue weighted by Gasteiger charge is -2.31. The zero-order chi connectivity index (χ0) is 16.0. The zero-order valence-electron chi connectivity index (χ0n) is 14.7. The minimum absolute atomic E-state index is 0.168. The zero-order valence-corrected chi connectivity index (χ0v) is 14.7.